The van der Waals surface area contributed by atoms with Gasteiger partial charge in [0.1, 0.15) is 0 Å². The molecule has 1 heterocycles. The van der Waals surface area contributed by atoms with E-state index in [-0.39, 0.29) is 12.0 Å². The number of aliphatic hydroxyl groups is 2. The molecule has 0 amide bonds. The van der Waals surface area contributed by atoms with Crippen LogP contribution in [0.25, 0.3) is 0 Å². The molecular weight excluding hydrogens is 194 g/mol. The normalized spacial score (nSPS) is 20.8. The van der Waals surface area contributed by atoms with Gasteiger partial charge in [-0.3, -0.25) is 4.79 Å². The number of rotatable bonds is 1. The van der Waals surface area contributed by atoms with Gasteiger partial charge in [0.05, 0.1) is 18.4 Å². The topological polar surface area (TPSA) is 73.3 Å². The fourth-order valence-electron chi connectivity index (χ4n) is 2.07. The van der Waals surface area contributed by atoms with Crippen LogP contribution in [0.3, 0.4) is 0 Å². The van der Waals surface area contributed by atoms with Gasteiger partial charge in [0.2, 0.25) is 0 Å². The van der Waals surface area contributed by atoms with Crippen LogP contribution in [0.15, 0.2) is 10.9 Å². The van der Waals surface area contributed by atoms with E-state index in [1.807, 2.05) is 0 Å². The molecule has 1 aromatic heterocycles. The van der Waals surface area contributed by atoms with Crippen molar-refractivity contribution in [1.82, 2.24) is 4.98 Å². The smallest absolute Gasteiger partial charge is 0.185 e. The molecule has 82 valence electrons. The zero-order chi connectivity index (χ0) is 10.8. The second kappa shape index (κ2) is 4.16. The molecule has 15 heavy (non-hydrogen) atoms. The molecule has 0 saturated carbocycles. The number of aromatic nitrogens is 1. The Morgan fingerprint density at radius 1 is 1.47 bits per heavy atom. The molecule has 0 spiro atoms. The van der Waals surface area contributed by atoms with Gasteiger partial charge in [-0.1, -0.05) is 6.42 Å². The summed E-state index contributed by atoms with van der Waals surface area (Å²) in [5, 5.41) is 18.8. The van der Waals surface area contributed by atoms with Crippen LogP contribution >= 0.6 is 0 Å². The van der Waals surface area contributed by atoms with Crippen molar-refractivity contribution in [3.8, 4) is 0 Å². The zero-order valence-electron chi connectivity index (χ0n) is 8.49. The lowest BCUT2D eigenvalue weighted by atomic mass is 10.1. The molecule has 3 N–H and O–H groups in total. The SMILES string of the molecule is O=c1cc(CO)[nH]c2c1CCCCC2O. The van der Waals surface area contributed by atoms with Crippen LogP contribution in [0.4, 0.5) is 0 Å². The number of H-pyrrole nitrogens is 1. The molecule has 1 aromatic rings. The van der Waals surface area contributed by atoms with Gasteiger partial charge in [0, 0.05) is 17.3 Å². The molecule has 0 bridgehead atoms. The highest BCUT2D eigenvalue weighted by atomic mass is 16.3. The average molecular weight is 209 g/mol. The van der Waals surface area contributed by atoms with Crippen molar-refractivity contribution < 1.29 is 10.2 Å². The highest BCUT2D eigenvalue weighted by molar-refractivity contribution is 5.26. The number of aliphatic hydroxyl groups excluding tert-OH is 2. The molecule has 2 rings (SSSR count). The fraction of sp³-hybridized carbons (Fsp3) is 0.545. The molecule has 0 fully saturated rings. The molecule has 1 aliphatic carbocycles. The van der Waals surface area contributed by atoms with Gasteiger partial charge in [0.15, 0.2) is 5.43 Å². The van der Waals surface area contributed by atoms with Gasteiger partial charge >= 0.3 is 0 Å². The number of fused-ring (bicyclic) bond motifs is 1. The van der Waals surface area contributed by atoms with Gasteiger partial charge in [-0.15, -0.1) is 0 Å². The van der Waals surface area contributed by atoms with E-state index in [1.165, 1.54) is 6.07 Å². The van der Waals surface area contributed by atoms with Crippen LogP contribution in [0.1, 0.15) is 42.3 Å². The van der Waals surface area contributed by atoms with Crippen LogP contribution in [0, 0.1) is 0 Å². The van der Waals surface area contributed by atoms with Crippen LogP contribution in [-0.2, 0) is 13.0 Å². The van der Waals surface area contributed by atoms with E-state index in [0.29, 0.717) is 29.8 Å². The zero-order valence-corrected chi connectivity index (χ0v) is 8.49. The van der Waals surface area contributed by atoms with Crippen molar-refractivity contribution >= 4 is 0 Å². The minimum Gasteiger partial charge on any atom is -0.390 e. The largest absolute Gasteiger partial charge is 0.390 e. The van der Waals surface area contributed by atoms with Crippen molar-refractivity contribution in [3.63, 3.8) is 0 Å². The van der Waals surface area contributed by atoms with E-state index in [2.05, 4.69) is 4.98 Å². The maximum atomic E-state index is 11.7. The quantitative estimate of drug-likeness (QED) is 0.594. The van der Waals surface area contributed by atoms with Gasteiger partial charge < -0.3 is 15.2 Å². The van der Waals surface area contributed by atoms with Gasteiger partial charge in [-0.25, -0.2) is 0 Å². The summed E-state index contributed by atoms with van der Waals surface area (Å²) in [6.07, 6.45) is 2.66. The van der Waals surface area contributed by atoms with Crippen molar-refractivity contribution in [2.75, 3.05) is 0 Å². The first-order valence-electron chi connectivity index (χ1n) is 5.26. The van der Waals surface area contributed by atoms with Crippen LogP contribution in [0.5, 0.6) is 0 Å². The maximum absolute atomic E-state index is 11.7. The van der Waals surface area contributed by atoms with Crippen molar-refractivity contribution in [2.24, 2.45) is 0 Å². The first-order chi connectivity index (χ1) is 7.22. The third-order valence-corrected chi connectivity index (χ3v) is 2.88. The third kappa shape index (κ3) is 1.96. The maximum Gasteiger partial charge on any atom is 0.185 e. The number of hydrogen-bond donors (Lipinski definition) is 3. The minimum absolute atomic E-state index is 0.0752. The van der Waals surface area contributed by atoms with E-state index in [1.54, 1.807) is 0 Å². The second-order valence-electron chi connectivity index (χ2n) is 3.97. The van der Waals surface area contributed by atoms with Crippen LogP contribution in [-0.4, -0.2) is 15.2 Å². The Morgan fingerprint density at radius 3 is 3.00 bits per heavy atom. The molecular formula is C11H15NO3. The first-order valence-corrected chi connectivity index (χ1v) is 5.26. The van der Waals surface area contributed by atoms with E-state index < -0.39 is 6.10 Å². The Kier molecular flexibility index (Phi) is 2.88. The molecule has 1 aliphatic rings. The summed E-state index contributed by atoms with van der Waals surface area (Å²) in [4.78, 5) is 14.6. The molecule has 0 saturated heterocycles. The predicted octanol–water partition coefficient (Wildman–Crippen LogP) is 0.627. The summed E-state index contributed by atoms with van der Waals surface area (Å²) < 4.78 is 0. The average Bonchev–Trinajstić information content (AvgIpc) is 2.41. The van der Waals surface area contributed by atoms with Gasteiger partial charge in [-0.2, -0.15) is 0 Å². The summed E-state index contributed by atoms with van der Waals surface area (Å²) in [6, 6.07) is 1.41. The Balaban J connectivity index is 2.55. The van der Waals surface area contributed by atoms with Gasteiger partial charge in [-0.05, 0) is 19.3 Å². The molecule has 1 unspecified atom stereocenters. The second-order valence-corrected chi connectivity index (χ2v) is 3.97. The lowest BCUT2D eigenvalue weighted by Gasteiger charge is -2.12. The fourth-order valence-corrected chi connectivity index (χ4v) is 2.07. The molecule has 0 radical (unpaired) electrons. The number of hydrogen-bond acceptors (Lipinski definition) is 3. The third-order valence-electron chi connectivity index (χ3n) is 2.88. The van der Waals surface area contributed by atoms with Crippen LogP contribution in [0.2, 0.25) is 0 Å². The van der Waals surface area contributed by atoms with Gasteiger partial charge in [0.25, 0.3) is 0 Å². The summed E-state index contributed by atoms with van der Waals surface area (Å²) in [5.41, 5.74) is 1.68. The summed E-state index contributed by atoms with van der Waals surface area (Å²) >= 11 is 0. The predicted molar refractivity (Wildman–Crippen MR) is 55.5 cm³/mol. The van der Waals surface area contributed by atoms with E-state index in [9.17, 15) is 9.90 Å². The van der Waals surface area contributed by atoms with E-state index in [0.717, 1.165) is 12.8 Å². The summed E-state index contributed by atoms with van der Waals surface area (Å²) in [7, 11) is 0. The Morgan fingerprint density at radius 2 is 2.27 bits per heavy atom. The summed E-state index contributed by atoms with van der Waals surface area (Å²) in [5.74, 6) is 0. The highest BCUT2D eigenvalue weighted by Gasteiger charge is 2.19. The number of pyridine rings is 1. The van der Waals surface area contributed by atoms with E-state index >= 15 is 0 Å². The molecule has 4 nitrogen and oxygen atoms in total. The number of aromatic amines is 1. The first kappa shape index (κ1) is 10.4. The minimum atomic E-state index is -0.596. The Labute approximate surface area is 87.6 Å². The number of nitrogens with one attached hydrogen (secondary N) is 1. The van der Waals surface area contributed by atoms with Crippen LogP contribution < -0.4 is 5.43 Å². The summed E-state index contributed by atoms with van der Waals surface area (Å²) in [6.45, 7) is -0.199. The van der Waals surface area contributed by atoms with E-state index in [4.69, 9.17) is 5.11 Å². The lowest BCUT2D eigenvalue weighted by molar-refractivity contribution is 0.161. The standard InChI is InChI=1S/C11H15NO3/c13-6-7-5-10(15)8-3-1-2-4-9(14)11(8)12-7/h5,9,13-14H,1-4,6H2,(H,12,15). The van der Waals surface area contributed by atoms with Crippen molar-refractivity contribution in [3.05, 3.63) is 33.2 Å². The Bertz CT molecular complexity index is 411. The molecule has 0 aromatic carbocycles. The monoisotopic (exact) mass is 209 g/mol. The highest BCUT2D eigenvalue weighted by Crippen LogP contribution is 2.25. The molecule has 0 aliphatic heterocycles. The lowest BCUT2D eigenvalue weighted by Crippen LogP contribution is -2.16. The van der Waals surface area contributed by atoms with Crippen molar-refractivity contribution in [1.29, 1.82) is 0 Å². The van der Waals surface area contributed by atoms with Crippen molar-refractivity contribution in [2.45, 2.75) is 38.4 Å². The Hall–Kier alpha value is -1.13. The molecule has 4 heteroatoms. The molecule has 1 atom stereocenters.